The van der Waals surface area contributed by atoms with Gasteiger partial charge in [0, 0.05) is 19.4 Å². The highest BCUT2D eigenvalue weighted by atomic mass is 32.2. The summed E-state index contributed by atoms with van der Waals surface area (Å²) in [6.45, 7) is 0.730. The molecule has 1 unspecified atom stereocenters. The Morgan fingerprint density at radius 2 is 1.80 bits per heavy atom. The number of aryl methyl sites for hydroxylation is 2. The lowest BCUT2D eigenvalue weighted by atomic mass is 9.92. The zero-order chi connectivity index (χ0) is 17.3. The second kappa shape index (κ2) is 6.99. The summed E-state index contributed by atoms with van der Waals surface area (Å²) in [5, 5.41) is 0. The van der Waals surface area contributed by atoms with E-state index < -0.39 is 15.8 Å². The van der Waals surface area contributed by atoms with E-state index in [0.29, 0.717) is 11.5 Å². The van der Waals surface area contributed by atoms with Gasteiger partial charge in [-0.15, -0.1) is 0 Å². The Bertz CT molecular complexity index is 725. The molecule has 6 heteroatoms. The van der Waals surface area contributed by atoms with Crippen molar-refractivity contribution in [1.82, 2.24) is 4.72 Å². The molecule has 1 aromatic rings. The van der Waals surface area contributed by atoms with Gasteiger partial charge in [-0.25, -0.2) is 13.1 Å². The molecule has 1 atom stereocenters. The van der Waals surface area contributed by atoms with Crippen molar-refractivity contribution in [3.63, 3.8) is 0 Å². The number of hydrogen-bond acceptors (Lipinski definition) is 4. The lowest BCUT2D eigenvalue weighted by Gasteiger charge is -2.31. The predicted molar refractivity (Wildman–Crippen MR) is 94.9 cm³/mol. The first-order valence-corrected chi connectivity index (χ1v) is 11.0. The summed E-state index contributed by atoms with van der Waals surface area (Å²) in [5.74, 6) is -0.458. The number of rotatable bonds is 4. The summed E-state index contributed by atoms with van der Waals surface area (Å²) in [6.07, 6.45) is 9.45. The highest BCUT2D eigenvalue weighted by Crippen LogP contribution is 2.37. The molecule has 0 radical (unpaired) electrons. The summed E-state index contributed by atoms with van der Waals surface area (Å²) < 4.78 is 39.9. The molecule has 1 saturated carbocycles. The zero-order valence-electron chi connectivity index (χ0n) is 14.6. The number of nitrogens with one attached hydrogen (secondary N) is 1. The Kier molecular flexibility index (Phi) is 4.88. The van der Waals surface area contributed by atoms with Gasteiger partial charge in [-0.3, -0.25) is 0 Å². The first kappa shape index (κ1) is 17.5. The average Bonchev–Trinajstić information content (AvgIpc) is 3.03. The molecule has 25 heavy (non-hydrogen) atoms. The molecule has 2 aliphatic carbocycles. The number of benzene rings is 1. The summed E-state index contributed by atoms with van der Waals surface area (Å²) in [7, 11) is -3.51. The lowest BCUT2D eigenvalue weighted by molar-refractivity contribution is -0.186. The van der Waals surface area contributed by atoms with Crippen LogP contribution in [0.15, 0.2) is 23.1 Å². The van der Waals surface area contributed by atoms with Gasteiger partial charge in [-0.2, -0.15) is 0 Å². The van der Waals surface area contributed by atoms with Gasteiger partial charge in [-0.05, 0) is 61.8 Å². The minimum Gasteiger partial charge on any atom is -0.347 e. The minimum absolute atomic E-state index is 0.203. The number of ether oxygens (including phenoxy) is 2. The van der Waals surface area contributed by atoms with Crippen molar-refractivity contribution in [2.24, 2.45) is 0 Å². The lowest BCUT2D eigenvalue weighted by Crippen LogP contribution is -2.37. The van der Waals surface area contributed by atoms with Crippen LogP contribution >= 0.6 is 0 Å². The first-order chi connectivity index (χ1) is 12.1. The summed E-state index contributed by atoms with van der Waals surface area (Å²) in [4.78, 5) is 0.361. The van der Waals surface area contributed by atoms with Crippen LogP contribution in [-0.4, -0.2) is 33.5 Å². The summed E-state index contributed by atoms with van der Waals surface area (Å²) >= 11 is 0. The Morgan fingerprint density at radius 3 is 2.60 bits per heavy atom. The van der Waals surface area contributed by atoms with E-state index in [4.69, 9.17) is 9.47 Å². The molecular formula is C19H27NO4S. The van der Waals surface area contributed by atoms with Crippen molar-refractivity contribution < 1.29 is 17.9 Å². The van der Waals surface area contributed by atoms with Crippen LogP contribution in [0, 0.1) is 0 Å². The molecule has 5 nitrogen and oxygen atoms in total. The van der Waals surface area contributed by atoms with Crippen LogP contribution in [0.3, 0.4) is 0 Å². The van der Waals surface area contributed by atoms with Crippen molar-refractivity contribution in [3.8, 4) is 0 Å². The van der Waals surface area contributed by atoms with Gasteiger partial charge in [0.05, 0.1) is 17.6 Å². The molecule has 0 aromatic heterocycles. The third-order valence-corrected chi connectivity index (χ3v) is 7.08. The van der Waals surface area contributed by atoms with Crippen molar-refractivity contribution in [2.45, 2.75) is 74.6 Å². The molecule has 1 saturated heterocycles. The molecule has 138 valence electrons. The largest absolute Gasteiger partial charge is 0.347 e. The monoisotopic (exact) mass is 365 g/mol. The van der Waals surface area contributed by atoms with E-state index in [-0.39, 0.29) is 12.6 Å². The van der Waals surface area contributed by atoms with E-state index in [0.717, 1.165) is 44.9 Å². The van der Waals surface area contributed by atoms with Crippen LogP contribution in [0.1, 0.15) is 56.1 Å². The highest BCUT2D eigenvalue weighted by molar-refractivity contribution is 7.89. The van der Waals surface area contributed by atoms with Crippen molar-refractivity contribution in [3.05, 3.63) is 29.3 Å². The summed E-state index contributed by atoms with van der Waals surface area (Å²) in [6, 6.07) is 5.53. The van der Waals surface area contributed by atoms with E-state index >= 15 is 0 Å². The van der Waals surface area contributed by atoms with Crippen molar-refractivity contribution >= 4 is 10.0 Å². The smallest absolute Gasteiger partial charge is 0.240 e. The molecule has 1 heterocycles. The van der Waals surface area contributed by atoms with Gasteiger partial charge in [0.25, 0.3) is 0 Å². The topological polar surface area (TPSA) is 64.6 Å². The molecule has 3 aliphatic rings. The SMILES string of the molecule is O=S(=O)(NCC1COC2(CCCCC2)O1)c1ccc2c(c1)CCCC2. The Labute approximate surface area is 150 Å². The third kappa shape index (κ3) is 3.77. The van der Waals surface area contributed by atoms with Crippen molar-refractivity contribution in [2.75, 3.05) is 13.2 Å². The van der Waals surface area contributed by atoms with Crippen molar-refractivity contribution in [1.29, 1.82) is 0 Å². The van der Waals surface area contributed by atoms with E-state index in [1.807, 2.05) is 12.1 Å². The van der Waals surface area contributed by atoms with Gasteiger partial charge in [0.2, 0.25) is 10.0 Å². The molecule has 0 bridgehead atoms. The number of sulfonamides is 1. The van der Waals surface area contributed by atoms with Crippen LogP contribution < -0.4 is 4.72 Å². The number of fused-ring (bicyclic) bond motifs is 1. The fraction of sp³-hybridized carbons (Fsp3) is 0.684. The molecule has 1 aromatic carbocycles. The standard InChI is InChI=1S/C19H27NO4S/c21-25(22,18-9-8-15-6-2-3-7-16(15)12-18)20-13-17-14-23-19(24-17)10-4-1-5-11-19/h8-9,12,17,20H,1-7,10-11,13-14H2. The maximum atomic E-state index is 12.6. The van der Waals surface area contributed by atoms with Gasteiger partial charge in [0.15, 0.2) is 5.79 Å². The predicted octanol–water partition coefficient (Wildman–Crippen LogP) is 2.92. The quantitative estimate of drug-likeness (QED) is 0.891. The second-order valence-corrected chi connectivity index (χ2v) is 9.28. The van der Waals surface area contributed by atoms with Crippen LogP contribution in [0.25, 0.3) is 0 Å². The molecular weight excluding hydrogens is 338 g/mol. The fourth-order valence-corrected chi connectivity index (χ4v) is 5.35. The zero-order valence-corrected chi connectivity index (χ0v) is 15.4. The van der Waals surface area contributed by atoms with Crippen LogP contribution in [0.4, 0.5) is 0 Å². The maximum Gasteiger partial charge on any atom is 0.240 e. The molecule has 2 fully saturated rings. The normalized spacial score (nSPS) is 25.8. The highest BCUT2D eigenvalue weighted by Gasteiger charge is 2.42. The van der Waals surface area contributed by atoms with E-state index in [2.05, 4.69) is 4.72 Å². The molecule has 1 N–H and O–H groups in total. The van der Waals surface area contributed by atoms with Crippen LogP contribution in [0.5, 0.6) is 0 Å². The maximum absolute atomic E-state index is 12.6. The minimum atomic E-state index is -3.51. The van der Waals surface area contributed by atoms with Gasteiger partial charge in [0.1, 0.15) is 0 Å². The van der Waals surface area contributed by atoms with Gasteiger partial charge in [-0.1, -0.05) is 12.5 Å². The molecule has 1 aliphatic heterocycles. The average molecular weight is 365 g/mol. The van der Waals surface area contributed by atoms with Gasteiger partial charge < -0.3 is 9.47 Å². The summed E-state index contributed by atoms with van der Waals surface area (Å²) in [5.41, 5.74) is 2.47. The Balaban J connectivity index is 1.39. The van der Waals surface area contributed by atoms with E-state index in [9.17, 15) is 8.42 Å². The Morgan fingerprint density at radius 1 is 1.04 bits per heavy atom. The second-order valence-electron chi connectivity index (χ2n) is 7.51. The van der Waals surface area contributed by atoms with E-state index in [1.54, 1.807) is 6.07 Å². The first-order valence-electron chi connectivity index (χ1n) is 9.50. The molecule has 4 rings (SSSR count). The Hall–Kier alpha value is -0.950. The number of hydrogen-bond donors (Lipinski definition) is 1. The molecule has 1 spiro atoms. The van der Waals surface area contributed by atoms with Crippen LogP contribution in [-0.2, 0) is 32.3 Å². The molecule has 0 amide bonds. The van der Waals surface area contributed by atoms with Crippen LogP contribution in [0.2, 0.25) is 0 Å². The fourth-order valence-electron chi connectivity index (χ4n) is 4.23. The van der Waals surface area contributed by atoms with Gasteiger partial charge >= 0.3 is 0 Å². The third-order valence-electron chi connectivity index (χ3n) is 5.66. The van der Waals surface area contributed by atoms with E-state index in [1.165, 1.54) is 24.0 Å².